The van der Waals surface area contributed by atoms with Crippen LogP contribution in [0.25, 0.3) is 83.9 Å². The van der Waals surface area contributed by atoms with Gasteiger partial charge in [-0.2, -0.15) is 0 Å². The number of phenols is 1. The predicted molar refractivity (Wildman–Crippen MR) is 311 cm³/mol. The summed E-state index contributed by atoms with van der Waals surface area (Å²) in [6.45, 7) is 33.5. The van der Waals surface area contributed by atoms with Crippen molar-refractivity contribution in [2.45, 2.75) is 138 Å². The van der Waals surface area contributed by atoms with Crippen molar-refractivity contribution >= 4 is 11.0 Å². The molecule has 0 saturated heterocycles. The van der Waals surface area contributed by atoms with E-state index in [4.69, 9.17) is 10.5 Å². The van der Waals surface area contributed by atoms with Crippen molar-refractivity contribution in [2.24, 2.45) is 0 Å². The lowest BCUT2D eigenvalue weighted by molar-refractivity contribution is 0.446. The molecule has 0 fully saturated rings. The van der Waals surface area contributed by atoms with Crippen LogP contribution in [0.15, 0.2) is 158 Å². The van der Waals surface area contributed by atoms with E-state index in [0.29, 0.717) is 22.5 Å². The maximum Gasteiger partial charge on any atom is 0.149 e. The molecule has 2 aromatic heterocycles. The van der Waals surface area contributed by atoms with E-state index < -0.39 is 28.5 Å². The number of phenolic OH excluding ortho intramolecular Hbond substituents is 1. The number of hydrogen-bond donors (Lipinski definition) is 1. The molecule has 0 aliphatic heterocycles. The first-order chi connectivity index (χ1) is 37.1. The van der Waals surface area contributed by atoms with Crippen molar-refractivity contribution < 1.29 is 14.7 Å². The van der Waals surface area contributed by atoms with E-state index in [1.54, 1.807) is 0 Å². The van der Waals surface area contributed by atoms with Crippen LogP contribution in [0.2, 0.25) is 0 Å². The smallest absolute Gasteiger partial charge is 0.149 e. The second kappa shape index (κ2) is 18.5. The molecule has 7 aromatic carbocycles. The molecule has 0 saturated carbocycles. The zero-order chi connectivity index (χ0) is 58.7. The van der Waals surface area contributed by atoms with E-state index >= 15 is 0 Å². The van der Waals surface area contributed by atoms with Crippen molar-refractivity contribution in [1.82, 2.24) is 14.5 Å². The number of rotatable bonds is 7. The van der Waals surface area contributed by atoms with Crippen molar-refractivity contribution in [2.75, 3.05) is 0 Å². The molecular formula is C69H75N3O. The molecule has 1 N–H and O–H groups in total. The Kier molecular flexibility index (Phi) is 10.7. The Hall–Kier alpha value is -7.04. The molecule has 9 aromatic rings. The van der Waals surface area contributed by atoms with E-state index in [1.165, 1.54) is 11.1 Å². The van der Waals surface area contributed by atoms with Crippen LogP contribution in [-0.2, 0) is 27.1 Å². The Morgan fingerprint density at radius 3 is 1.71 bits per heavy atom. The molecule has 73 heavy (non-hydrogen) atoms. The minimum atomic E-state index is -0.721. The average Bonchev–Trinajstić information content (AvgIpc) is 3.84. The summed E-state index contributed by atoms with van der Waals surface area (Å²) in [7, 11) is 0. The highest BCUT2D eigenvalue weighted by molar-refractivity contribution is 5.97. The van der Waals surface area contributed by atoms with Crippen LogP contribution < -0.4 is 0 Å². The van der Waals surface area contributed by atoms with Gasteiger partial charge >= 0.3 is 0 Å². The van der Waals surface area contributed by atoms with Gasteiger partial charge in [-0.05, 0) is 149 Å². The second-order valence-electron chi connectivity index (χ2n) is 25.0. The fourth-order valence-electron chi connectivity index (χ4n) is 9.72. The number of pyridine rings is 1. The summed E-state index contributed by atoms with van der Waals surface area (Å²) in [6, 6.07) is 38.1. The lowest BCUT2D eigenvalue weighted by Gasteiger charge is -2.28. The SMILES string of the molecule is [2H]c1nc(-c2cc(-c3cccc4c3nc(-c3cc(C(C)(C)C)cc(C(C)(C)C)c3O)n4-c3ccc(-c4c(-c5ccccc5)cccc4C(C)(C)C)cc3C)cc(C(C)(C)C)c2)c([2H])c(-c2c([2H])c([2H])c(C(C)(C)C)c([2H])c2[2H])c1[2H]. The van der Waals surface area contributed by atoms with E-state index in [9.17, 15) is 9.22 Å². The third-order valence-corrected chi connectivity index (χ3v) is 14.0. The molecule has 0 spiro atoms. The van der Waals surface area contributed by atoms with Gasteiger partial charge in [0.25, 0.3) is 0 Å². The van der Waals surface area contributed by atoms with E-state index in [2.05, 4.69) is 184 Å². The number of hydrogen-bond acceptors (Lipinski definition) is 3. The van der Waals surface area contributed by atoms with Crippen LogP contribution in [-0.4, -0.2) is 19.6 Å². The lowest BCUT2D eigenvalue weighted by atomic mass is 9.78. The molecule has 0 unspecified atom stereocenters. The summed E-state index contributed by atoms with van der Waals surface area (Å²) in [5.41, 5.74) is 12.4. The summed E-state index contributed by atoms with van der Waals surface area (Å²) in [5.74, 6) is 0.719. The van der Waals surface area contributed by atoms with E-state index in [1.807, 2.05) is 51.1 Å². The van der Waals surface area contributed by atoms with Gasteiger partial charge in [0.15, 0.2) is 0 Å². The van der Waals surface area contributed by atoms with Crippen LogP contribution >= 0.6 is 0 Å². The van der Waals surface area contributed by atoms with Crippen LogP contribution in [0.1, 0.15) is 147 Å². The van der Waals surface area contributed by atoms with Gasteiger partial charge in [0.2, 0.25) is 0 Å². The van der Waals surface area contributed by atoms with Gasteiger partial charge in [0.05, 0.1) is 37.6 Å². The van der Waals surface area contributed by atoms with E-state index in [0.717, 1.165) is 61.3 Å². The largest absolute Gasteiger partial charge is 0.507 e. The summed E-state index contributed by atoms with van der Waals surface area (Å²) in [5, 5.41) is 12.7. The molecule has 0 amide bonds. The summed E-state index contributed by atoms with van der Waals surface area (Å²) >= 11 is 0. The maximum atomic E-state index is 12.7. The Balaban J connectivity index is 1.34. The zero-order valence-corrected chi connectivity index (χ0v) is 45.8. The lowest BCUT2D eigenvalue weighted by Crippen LogP contribution is -2.17. The number of benzene rings is 7. The van der Waals surface area contributed by atoms with Crippen molar-refractivity contribution in [3.05, 3.63) is 191 Å². The van der Waals surface area contributed by atoms with Crippen LogP contribution in [0.4, 0.5) is 0 Å². The normalized spacial score (nSPS) is 14.1. The van der Waals surface area contributed by atoms with Gasteiger partial charge < -0.3 is 5.11 Å². The second-order valence-corrected chi connectivity index (χ2v) is 25.0. The minimum Gasteiger partial charge on any atom is -0.507 e. The molecule has 0 aliphatic rings. The van der Waals surface area contributed by atoms with E-state index in [-0.39, 0.29) is 69.2 Å². The summed E-state index contributed by atoms with van der Waals surface area (Å²) < 4.78 is 66.5. The molecule has 0 aliphatic carbocycles. The highest BCUT2D eigenvalue weighted by atomic mass is 16.3. The summed E-state index contributed by atoms with van der Waals surface area (Å²) in [4.78, 5) is 10.2. The molecule has 4 heteroatoms. The highest BCUT2D eigenvalue weighted by Gasteiger charge is 2.30. The first kappa shape index (κ1) is 42.5. The third-order valence-electron chi connectivity index (χ3n) is 14.0. The number of aromatic hydroxyl groups is 1. The number of aryl methyl sites for hydroxylation is 1. The van der Waals surface area contributed by atoms with Gasteiger partial charge in [-0.3, -0.25) is 9.55 Å². The zero-order valence-electron chi connectivity index (χ0n) is 52.8. The first-order valence-corrected chi connectivity index (χ1v) is 25.6. The van der Waals surface area contributed by atoms with Gasteiger partial charge in [0, 0.05) is 22.9 Å². The van der Waals surface area contributed by atoms with Crippen LogP contribution in [0.3, 0.4) is 0 Å². The monoisotopic (exact) mass is 969 g/mol. The Labute approximate surface area is 446 Å². The number of fused-ring (bicyclic) bond motifs is 1. The van der Waals surface area contributed by atoms with Gasteiger partial charge in [0.1, 0.15) is 11.6 Å². The van der Waals surface area contributed by atoms with Crippen molar-refractivity contribution in [1.29, 1.82) is 0 Å². The molecule has 0 bridgehead atoms. The topological polar surface area (TPSA) is 50.9 Å². The molecule has 4 nitrogen and oxygen atoms in total. The van der Waals surface area contributed by atoms with Gasteiger partial charge in [-0.25, -0.2) is 4.98 Å². The molecular weight excluding hydrogens is 887 g/mol. The highest BCUT2D eigenvalue weighted by Crippen LogP contribution is 2.47. The molecule has 0 atom stereocenters. The van der Waals surface area contributed by atoms with Crippen molar-refractivity contribution in [3.63, 3.8) is 0 Å². The fourth-order valence-corrected chi connectivity index (χ4v) is 9.72. The molecule has 372 valence electrons. The van der Waals surface area contributed by atoms with Crippen LogP contribution in [0, 0.1) is 6.92 Å². The maximum absolute atomic E-state index is 12.7. The van der Waals surface area contributed by atoms with Gasteiger partial charge in [-0.15, -0.1) is 0 Å². The summed E-state index contributed by atoms with van der Waals surface area (Å²) in [6.07, 6.45) is -0.456. The first-order valence-electron chi connectivity index (χ1n) is 29.1. The minimum absolute atomic E-state index is 0.0706. The van der Waals surface area contributed by atoms with Crippen molar-refractivity contribution in [3.8, 4) is 78.6 Å². The molecule has 9 rings (SSSR count). The number of imidazole rings is 1. The van der Waals surface area contributed by atoms with Gasteiger partial charge in [-0.1, -0.05) is 207 Å². The number of aromatic nitrogens is 3. The fraction of sp³-hybridized carbons (Fsp3) is 0.304. The number of para-hydroxylation sites is 1. The Morgan fingerprint density at radius 2 is 1.08 bits per heavy atom. The average molecular weight is 969 g/mol. The molecule has 0 radical (unpaired) electrons. The van der Waals surface area contributed by atoms with Crippen LogP contribution in [0.5, 0.6) is 5.75 Å². The number of nitrogens with zero attached hydrogens (tertiary/aromatic N) is 3. The third kappa shape index (κ3) is 10.1. The Morgan fingerprint density at radius 1 is 0.466 bits per heavy atom. The quantitative estimate of drug-likeness (QED) is 0.173. The molecule has 2 heterocycles. The predicted octanol–water partition coefficient (Wildman–Crippen LogP) is 18.9. The standard InChI is InChI=1S/C69H75N3O/c1-43-36-47(61-53(45-22-18-17-19-23-45)24-20-26-56(61)68(11,12)13)30-33-59(43)72-60-27-21-25-54(62(60)71-64(72)55-41-52(67(8,9)10)42-57(63(55)73)69(14,15)16)48-37-49(39-51(38-48)66(5,6)7)58-40-46(34-35-70-58)44-28-31-50(32-29-44)65(2,3)4/h17-42,73H,1-16H3/i28D,29D,31D,32D,34D,35D,40D. The Bertz CT molecular complexity index is 3920.